The Hall–Kier alpha value is 0.580. The lowest BCUT2D eigenvalue weighted by Crippen LogP contribution is -2.56. The van der Waals surface area contributed by atoms with Crippen molar-refractivity contribution in [3.05, 3.63) is 0 Å². The van der Waals surface area contributed by atoms with Gasteiger partial charge < -0.3 is 0 Å². The van der Waals surface area contributed by atoms with Crippen molar-refractivity contribution >= 4 is 16.2 Å². The van der Waals surface area contributed by atoms with E-state index in [4.69, 9.17) is 0 Å². The molecule has 7 nitrogen and oxygen atoms in total. The zero-order valence-corrected chi connectivity index (χ0v) is 22.8. The Labute approximate surface area is 204 Å². The molecule has 6 saturated heterocycles. The minimum absolute atomic E-state index is 0.423. The van der Waals surface area contributed by atoms with Crippen molar-refractivity contribution in [1.29, 1.82) is 0 Å². The van der Waals surface area contributed by atoms with Crippen LogP contribution in [0.1, 0.15) is 77.0 Å². The standard InChI is InChI=1S/C24H48N7P2/c1-2-14-25(13-1)31(32(26-15-3-4-16-26)27-17-5-6-18-27)33(28-19-7-8-20-28,29-21-9-10-22-29)30-23-11-12-24-30/h1-24H2/q+1. The fourth-order valence-corrected chi connectivity index (χ4v) is 17.0. The van der Waals surface area contributed by atoms with E-state index in [1.807, 2.05) is 0 Å². The maximum Gasteiger partial charge on any atom is 0.329 e. The largest absolute Gasteiger partial charge is 0.329 e. The Balaban J connectivity index is 1.49. The molecule has 0 N–H and O–H groups in total. The van der Waals surface area contributed by atoms with Gasteiger partial charge in [0.1, 0.15) is 0 Å². The van der Waals surface area contributed by atoms with Crippen LogP contribution in [-0.2, 0) is 0 Å². The van der Waals surface area contributed by atoms with E-state index in [1.54, 1.807) is 0 Å². The Kier molecular flexibility index (Phi) is 7.92. The SMILES string of the molecule is C1CCN(N(P(N2CCCC2)N2CCCC2)[P+](N2CCCC2)(N2CCCC2)N2CCCC2)C1. The maximum atomic E-state index is 3.22. The van der Waals surface area contributed by atoms with Gasteiger partial charge in [0.15, 0.2) is 8.37 Å². The molecule has 9 heteroatoms. The van der Waals surface area contributed by atoms with Crippen molar-refractivity contribution in [1.82, 2.24) is 32.9 Å². The van der Waals surface area contributed by atoms with E-state index >= 15 is 0 Å². The van der Waals surface area contributed by atoms with Crippen LogP contribution in [0.5, 0.6) is 0 Å². The molecule has 6 fully saturated rings. The van der Waals surface area contributed by atoms with Gasteiger partial charge in [-0.15, -0.1) is 14.0 Å². The average molecular weight is 497 g/mol. The van der Waals surface area contributed by atoms with Crippen molar-refractivity contribution < 1.29 is 0 Å². The third-order valence-electron chi connectivity index (χ3n) is 8.79. The van der Waals surface area contributed by atoms with E-state index in [0.29, 0.717) is 0 Å². The van der Waals surface area contributed by atoms with E-state index in [2.05, 4.69) is 32.9 Å². The van der Waals surface area contributed by atoms with Gasteiger partial charge in [0.05, 0.1) is 0 Å². The zero-order chi connectivity index (χ0) is 22.1. The molecule has 0 spiro atoms. The van der Waals surface area contributed by atoms with Gasteiger partial charge in [-0.1, -0.05) is 0 Å². The quantitative estimate of drug-likeness (QED) is 0.450. The van der Waals surface area contributed by atoms with Crippen LogP contribution >= 0.6 is 16.2 Å². The molecule has 6 aliphatic rings. The van der Waals surface area contributed by atoms with Crippen molar-refractivity contribution in [3.8, 4) is 0 Å². The molecular formula is C24H48N7P2+. The molecule has 0 aromatic heterocycles. The Morgan fingerprint density at radius 1 is 0.394 bits per heavy atom. The molecule has 0 aromatic rings. The Morgan fingerprint density at radius 2 is 0.697 bits per heavy atom. The number of hydrogen-bond donors (Lipinski definition) is 0. The van der Waals surface area contributed by atoms with Crippen molar-refractivity contribution in [2.24, 2.45) is 0 Å². The lowest BCUT2D eigenvalue weighted by molar-refractivity contribution is 0.131. The average Bonchev–Trinajstić information content (AvgIpc) is 3.71. The summed E-state index contributed by atoms with van der Waals surface area (Å²) in [7, 11) is -2.18. The number of nitrogens with zero attached hydrogens (tertiary/aromatic N) is 7. The summed E-state index contributed by atoms with van der Waals surface area (Å²) in [5.41, 5.74) is 0. The van der Waals surface area contributed by atoms with Crippen LogP contribution < -0.4 is 0 Å². The van der Waals surface area contributed by atoms with Crippen molar-refractivity contribution in [2.75, 3.05) is 78.5 Å². The number of rotatable bonds is 8. The third-order valence-corrected chi connectivity index (χ3v) is 16.6. The smallest absolute Gasteiger partial charge is 0.253 e. The summed E-state index contributed by atoms with van der Waals surface area (Å²) in [6.07, 6.45) is 16.8. The van der Waals surface area contributed by atoms with E-state index in [0.717, 1.165) is 0 Å². The topological polar surface area (TPSA) is 22.7 Å². The van der Waals surface area contributed by atoms with Crippen molar-refractivity contribution in [2.45, 2.75) is 77.0 Å². The molecule has 0 aromatic carbocycles. The summed E-state index contributed by atoms with van der Waals surface area (Å²) in [5, 5.41) is 2.94. The molecule has 0 aliphatic carbocycles. The number of hydrazine groups is 1. The molecule has 0 radical (unpaired) electrons. The highest BCUT2D eigenvalue weighted by Crippen LogP contribution is 2.80. The normalized spacial score (nSPS) is 30.4. The molecule has 6 heterocycles. The summed E-state index contributed by atoms with van der Waals surface area (Å²) < 4.78 is 18.4. The zero-order valence-electron chi connectivity index (χ0n) is 21.0. The van der Waals surface area contributed by atoms with Crippen LogP contribution in [-0.4, -0.2) is 111 Å². The Morgan fingerprint density at radius 3 is 1.06 bits per heavy atom. The highest BCUT2D eigenvalue weighted by molar-refractivity contribution is 7.75. The van der Waals surface area contributed by atoms with E-state index in [9.17, 15) is 0 Å². The van der Waals surface area contributed by atoms with Gasteiger partial charge in [-0.25, -0.2) is 0 Å². The van der Waals surface area contributed by atoms with Gasteiger partial charge in [-0.05, 0) is 81.6 Å². The first-order valence-corrected chi connectivity index (χ1v) is 17.2. The first-order valence-electron chi connectivity index (χ1n) is 14.4. The first-order chi connectivity index (χ1) is 16.4. The highest BCUT2D eigenvalue weighted by atomic mass is 31.2. The molecule has 0 atom stereocenters. The van der Waals surface area contributed by atoms with Gasteiger partial charge in [0, 0.05) is 78.5 Å². The second kappa shape index (κ2) is 10.9. The highest BCUT2D eigenvalue weighted by Gasteiger charge is 2.68. The van der Waals surface area contributed by atoms with Crippen LogP contribution in [0.2, 0.25) is 0 Å². The fourth-order valence-electron chi connectivity index (χ4n) is 7.22. The second-order valence-corrected chi connectivity index (χ2v) is 16.5. The van der Waals surface area contributed by atoms with Gasteiger partial charge in [-0.2, -0.15) is 5.01 Å². The van der Waals surface area contributed by atoms with Crippen LogP contribution in [0.25, 0.3) is 0 Å². The molecule has 6 aliphatic heterocycles. The molecule has 0 amide bonds. The van der Waals surface area contributed by atoms with Gasteiger partial charge in [-0.3, -0.25) is 9.34 Å². The molecule has 6 rings (SSSR count). The molecule has 0 unspecified atom stereocenters. The van der Waals surface area contributed by atoms with E-state index in [-0.39, 0.29) is 0 Å². The van der Waals surface area contributed by atoms with Gasteiger partial charge >= 0.3 is 7.87 Å². The van der Waals surface area contributed by atoms with Crippen molar-refractivity contribution in [3.63, 3.8) is 0 Å². The van der Waals surface area contributed by atoms with Gasteiger partial charge in [0.25, 0.3) is 0 Å². The predicted octanol–water partition coefficient (Wildman–Crippen LogP) is 4.68. The summed E-state index contributed by atoms with van der Waals surface area (Å²) in [5.74, 6) is 0. The molecule has 33 heavy (non-hydrogen) atoms. The molecule has 188 valence electrons. The lowest BCUT2D eigenvalue weighted by atomic mass is 10.4. The third kappa shape index (κ3) is 4.47. The number of hydrogen-bond acceptors (Lipinski definition) is 7. The molecular weight excluding hydrogens is 448 g/mol. The summed E-state index contributed by atoms with van der Waals surface area (Å²) in [6, 6.07) is 0. The lowest BCUT2D eigenvalue weighted by Gasteiger charge is -2.54. The van der Waals surface area contributed by atoms with Crippen LogP contribution in [0.4, 0.5) is 0 Å². The molecule has 0 saturated carbocycles. The van der Waals surface area contributed by atoms with Crippen LogP contribution in [0.3, 0.4) is 0 Å². The van der Waals surface area contributed by atoms with E-state index in [1.165, 1.54) is 156 Å². The summed E-state index contributed by atoms with van der Waals surface area (Å²) >= 11 is 0. The monoisotopic (exact) mass is 496 g/mol. The first kappa shape index (κ1) is 23.9. The summed E-state index contributed by atoms with van der Waals surface area (Å²) in [6.45, 7) is 15.8. The minimum Gasteiger partial charge on any atom is -0.253 e. The fraction of sp³-hybridized carbons (Fsp3) is 1.00. The second-order valence-electron chi connectivity index (χ2n) is 11.0. The van der Waals surface area contributed by atoms with Gasteiger partial charge in [0.2, 0.25) is 0 Å². The predicted molar refractivity (Wildman–Crippen MR) is 141 cm³/mol. The van der Waals surface area contributed by atoms with Crippen LogP contribution in [0, 0.1) is 0 Å². The minimum atomic E-state index is -1.75. The van der Waals surface area contributed by atoms with Crippen LogP contribution in [0.15, 0.2) is 0 Å². The maximum absolute atomic E-state index is 3.22. The molecule has 0 bridgehead atoms. The summed E-state index contributed by atoms with van der Waals surface area (Å²) in [4.78, 5) is 0. The van der Waals surface area contributed by atoms with E-state index < -0.39 is 16.2 Å². The Bertz CT molecular complexity index is 562.